The average molecular weight is 293 g/mol. The van der Waals surface area contributed by atoms with Crippen LogP contribution in [-0.2, 0) is 4.79 Å². The molecule has 20 heavy (non-hydrogen) atoms. The van der Waals surface area contributed by atoms with E-state index in [1.54, 1.807) is 24.3 Å². The number of benzene rings is 2. The van der Waals surface area contributed by atoms with Gasteiger partial charge in [-0.25, -0.2) is 9.18 Å². The minimum atomic E-state index is -1.10. The number of ether oxygens (including phenoxy) is 1. The Hall–Kier alpha value is -2.33. The second kappa shape index (κ2) is 6.21. The zero-order valence-electron chi connectivity index (χ0n) is 10.2. The Labute approximate surface area is 119 Å². The molecule has 0 spiro atoms. The van der Waals surface area contributed by atoms with Crippen molar-refractivity contribution in [2.75, 3.05) is 0 Å². The Balaban J connectivity index is 2.23. The van der Waals surface area contributed by atoms with Crippen LogP contribution in [-0.4, -0.2) is 11.1 Å². The third-order valence-electron chi connectivity index (χ3n) is 2.36. The van der Waals surface area contributed by atoms with Gasteiger partial charge < -0.3 is 9.84 Å². The first-order valence-corrected chi connectivity index (χ1v) is 6.06. The highest BCUT2D eigenvalue weighted by atomic mass is 35.5. The van der Waals surface area contributed by atoms with E-state index >= 15 is 0 Å². The molecule has 0 amide bonds. The van der Waals surface area contributed by atoms with Crippen LogP contribution in [0.1, 0.15) is 5.56 Å². The second-order valence-electron chi connectivity index (χ2n) is 3.95. The number of rotatable bonds is 4. The van der Waals surface area contributed by atoms with Gasteiger partial charge in [0, 0.05) is 17.2 Å². The molecule has 0 saturated heterocycles. The maximum Gasteiger partial charge on any atom is 0.328 e. The second-order valence-corrected chi connectivity index (χ2v) is 4.38. The van der Waals surface area contributed by atoms with Gasteiger partial charge >= 0.3 is 5.97 Å². The molecule has 0 radical (unpaired) electrons. The molecule has 0 bridgehead atoms. The fraction of sp³-hybridized carbons (Fsp3) is 0. The molecule has 0 atom stereocenters. The van der Waals surface area contributed by atoms with Gasteiger partial charge in [0.25, 0.3) is 0 Å². The topological polar surface area (TPSA) is 46.5 Å². The quantitative estimate of drug-likeness (QED) is 0.851. The van der Waals surface area contributed by atoms with E-state index in [9.17, 15) is 9.18 Å². The van der Waals surface area contributed by atoms with Crippen molar-refractivity contribution in [3.8, 4) is 11.5 Å². The van der Waals surface area contributed by atoms with Crippen LogP contribution in [0.25, 0.3) is 6.08 Å². The lowest BCUT2D eigenvalue weighted by atomic mass is 10.2. The molecule has 0 aliphatic rings. The average Bonchev–Trinajstić information content (AvgIpc) is 2.38. The molecule has 3 nitrogen and oxygen atoms in total. The van der Waals surface area contributed by atoms with Gasteiger partial charge in [-0.05, 0) is 48.0 Å². The highest BCUT2D eigenvalue weighted by Gasteiger charge is 2.02. The molecule has 2 rings (SSSR count). The molecule has 0 heterocycles. The third-order valence-corrected chi connectivity index (χ3v) is 2.61. The molecule has 0 fully saturated rings. The Morgan fingerprint density at radius 3 is 2.50 bits per heavy atom. The van der Waals surface area contributed by atoms with Crippen molar-refractivity contribution in [3.05, 3.63) is 64.9 Å². The Kier molecular flexibility index (Phi) is 4.38. The molecule has 1 N–H and O–H groups in total. The minimum Gasteiger partial charge on any atom is -0.478 e. The number of carbonyl (C=O) groups is 1. The molecule has 102 valence electrons. The number of halogens is 2. The standard InChI is InChI=1S/C15H10ClFO3/c16-11-2-4-13(5-3-11)20-14-8-10(1-6-15(18)19)7-12(17)9-14/h1-9H,(H,18,19)/b6-1+. The summed E-state index contributed by atoms with van der Waals surface area (Å²) in [5, 5.41) is 9.12. The maximum atomic E-state index is 13.4. The molecule has 0 aromatic heterocycles. The van der Waals surface area contributed by atoms with Gasteiger partial charge in [0.15, 0.2) is 0 Å². The van der Waals surface area contributed by atoms with Crippen molar-refractivity contribution in [3.63, 3.8) is 0 Å². The summed E-state index contributed by atoms with van der Waals surface area (Å²) >= 11 is 5.76. The maximum absolute atomic E-state index is 13.4. The third kappa shape index (κ3) is 4.10. The van der Waals surface area contributed by atoms with Crippen LogP contribution in [0.2, 0.25) is 5.02 Å². The van der Waals surface area contributed by atoms with Gasteiger partial charge in [0.1, 0.15) is 17.3 Å². The van der Waals surface area contributed by atoms with E-state index in [2.05, 4.69) is 0 Å². The van der Waals surface area contributed by atoms with E-state index in [0.717, 1.165) is 6.08 Å². The predicted molar refractivity (Wildman–Crippen MR) is 74.6 cm³/mol. The molecule has 0 unspecified atom stereocenters. The molecule has 0 saturated carbocycles. The summed E-state index contributed by atoms with van der Waals surface area (Å²) in [6.07, 6.45) is 2.22. The lowest BCUT2D eigenvalue weighted by Crippen LogP contribution is -1.89. The Bertz CT molecular complexity index is 651. The van der Waals surface area contributed by atoms with Crippen LogP contribution >= 0.6 is 11.6 Å². The number of carboxylic acids is 1. The summed E-state index contributed by atoms with van der Waals surface area (Å²) in [5.41, 5.74) is 0.399. The van der Waals surface area contributed by atoms with E-state index in [0.29, 0.717) is 16.3 Å². The zero-order chi connectivity index (χ0) is 14.5. The van der Waals surface area contributed by atoms with E-state index in [1.807, 2.05) is 0 Å². The van der Waals surface area contributed by atoms with E-state index < -0.39 is 11.8 Å². The van der Waals surface area contributed by atoms with Crippen molar-refractivity contribution < 1.29 is 19.0 Å². The lowest BCUT2D eigenvalue weighted by Gasteiger charge is -2.07. The summed E-state index contributed by atoms with van der Waals surface area (Å²) in [6, 6.07) is 10.6. The van der Waals surface area contributed by atoms with Crippen LogP contribution in [0.4, 0.5) is 4.39 Å². The molecular formula is C15H10ClFO3. The largest absolute Gasteiger partial charge is 0.478 e. The molecule has 2 aromatic carbocycles. The van der Waals surface area contributed by atoms with Crippen LogP contribution in [0.5, 0.6) is 11.5 Å². The van der Waals surface area contributed by atoms with Gasteiger partial charge in [-0.3, -0.25) is 0 Å². The van der Waals surface area contributed by atoms with Crippen LogP contribution in [0.3, 0.4) is 0 Å². The van der Waals surface area contributed by atoms with Crippen molar-refractivity contribution >= 4 is 23.6 Å². The molecule has 5 heteroatoms. The first kappa shape index (κ1) is 14.1. The summed E-state index contributed by atoms with van der Waals surface area (Å²) in [6.45, 7) is 0. The zero-order valence-corrected chi connectivity index (χ0v) is 11.0. The minimum absolute atomic E-state index is 0.275. The number of hydrogen-bond donors (Lipinski definition) is 1. The smallest absolute Gasteiger partial charge is 0.328 e. The van der Waals surface area contributed by atoms with Gasteiger partial charge in [-0.15, -0.1) is 0 Å². The fourth-order valence-corrected chi connectivity index (χ4v) is 1.67. The normalized spacial score (nSPS) is 10.7. The molecule has 0 aliphatic heterocycles. The first-order valence-electron chi connectivity index (χ1n) is 5.68. The lowest BCUT2D eigenvalue weighted by molar-refractivity contribution is -0.131. The summed E-state index contributed by atoms with van der Waals surface area (Å²) in [7, 11) is 0. The summed E-state index contributed by atoms with van der Waals surface area (Å²) in [5.74, 6) is -0.832. The highest BCUT2D eigenvalue weighted by Crippen LogP contribution is 2.25. The monoisotopic (exact) mass is 292 g/mol. The Morgan fingerprint density at radius 2 is 1.85 bits per heavy atom. The molecule has 2 aromatic rings. The Morgan fingerprint density at radius 1 is 1.15 bits per heavy atom. The summed E-state index contributed by atoms with van der Waals surface area (Å²) < 4.78 is 18.9. The predicted octanol–water partition coefficient (Wildman–Crippen LogP) is 4.37. The van der Waals surface area contributed by atoms with Crippen LogP contribution in [0.15, 0.2) is 48.5 Å². The molecule has 0 aliphatic carbocycles. The first-order chi connectivity index (χ1) is 9.52. The van der Waals surface area contributed by atoms with E-state index in [4.69, 9.17) is 21.4 Å². The number of hydrogen-bond acceptors (Lipinski definition) is 2. The van der Waals surface area contributed by atoms with Crippen molar-refractivity contribution in [2.24, 2.45) is 0 Å². The van der Waals surface area contributed by atoms with Gasteiger partial charge in [-0.2, -0.15) is 0 Å². The van der Waals surface area contributed by atoms with Crippen LogP contribution < -0.4 is 4.74 Å². The van der Waals surface area contributed by atoms with Crippen molar-refractivity contribution in [2.45, 2.75) is 0 Å². The number of carboxylic acid groups (broad SMARTS) is 1. The van der Waals surface area contributed by atoms with Gasteiger partial charge in [0.2, 0.25) is 0 Å². The SMILES string of the molecule is O=C(O)/C=C/c1cc(F)cc(Oc2ccc(Cl)cc2)c1. The summed E-state index contributed by atoms with van der Waals surface area (Å²) in [4.78, 5) is 10.4. The highest BCUT2D eigenvalue weighted by molar-refractivity contribution is 6.30. The van der Waals surface area contributed by atoms with Crippen LogP contribution in [0, 0.1) is 5.82 Å². The number of aliphatic carboxylic acids is 1. The molecular weight excluding hydrogens is 283 g/mol. The van der Waals surface area contributed by atoms with E-state index in [-0.39, 0.29) is 5.75 Å². The van der Waals surface area contributed by atoms with Gasteiger partial charge in [0.05, 0.1) is 0 Å². The van der Waals surface area contributed by atoms with Gasteiger partial charge in [-0.1, -0.05) is 11.6 Å². The van der Waals surface area contributed by atoms with E-state index in [1.165, 1.54) is 24.3 Å². The van der Waals surface area contributed by atoms with Crippen molar-refractivity contribution in [1.29, 1.82) is 0 Å². The fourth-order valence-electron chi connectivity index (χ4n) is 1.55. The van der Waals surface area contributed by atoms with Crippen molar-refractivity contribution in [1.82, 2.24) is 0 Å².